The number of rotatable bonds is 4. The first-order valence-electron chi connectivity index (χ1n) is 5.86. The zero-order chi connectivity index (χ0) is 13.7. The van der Waals surface area contributed by atoms with Crippen molar-refractivity contribution in [1.29, 1.82) is 0 Å². The van der Waals surface area contributed by atoms with Crippen LogP contribution in [0, 0.1) is 0 Å². The minimum Gasteiger partial charge on any atom is -0.385 e. The number of nitrogens with zero attached hydrogens (tertiary/aromatic N) is 1. The molecule has 0 unspecified atom stereocenters. The summed E-state index contributed by atoms with van der Waals surface area (Å²) in [5, 5.41) is 3.08. The fourth-order valence-electron chi connectivity index (χ4n) is 1.67. The van der Waals surface area contributed by atoms with Crippen LogP contribution in [0.2, 0.25) is 0 Å². The topological polar surface area (TPSA) is 24.9 Å². The van der Waals surface area contributed by atoms with E-state index in [1.807, 2.05) is 12.1 Å². The molecule has 2 nitrogen and oxygen atoms in total. The summed E-state index contributed by atoms with van der Waals surface area (Å²) in [6.07, 6.45) is -0.0374. The summed E-state index contributed by atoms with van der Waals surface area (Å²) in [6, 6.07) is 8.84. The van der Waals surface area contributed by atoms with Gasteiger partial charge in [0.15, 0.2) is 0 Å². The van der Waals surface area contributed by atoms with Crippen molar-refractivity contribution in [1.82, 2.24) is 4.98 Å². The Morgan fingerprint density at radius 3 is 2.37 bits per heavy atom. The van der Waals surface area contributed by atoms with Crippen LogP contribution in [0.5, 0.6) is 0 Å². The van der Waals surface area contributed by atoms with Crippen molar-refractivity contribution in [2.45, 2.75) is 12.6 Å². The van der Waals surface area contributed by atoms with Gasteiger partial charge in [-0.15, -0.1) is 0 Å². The fourth-order valence-corrected chi connectivity index (χ4v) is 1.67. The summed E-state index contributed by atoms with van der Waals surface area (Å²) in [7, 11) is 0. The second kappa shape index (κ2) is 5.73. The van der Waals surface area contributed by atoms with Gasteiger partial charge in [-0.25, -0.2) is 0 Å². The molecule has 0 aliphatic carbocycles. The van der Waals surface area contributed by atoms with Gasteiger partial charge in [-0.1, -0.05) is 6.07 Å². The van der Waals surface area contributed by atoms with Gasteiger partial charge in [-0.05, 0) is 42.3 Å². The molecule has 0 spiro atoms. The third-order valence-electron chi connectivity index (χ3n) is 2.68. The Kier molecular flexibility index (Phi) is 4.04. The molecule has 0 bridgehead atoms. The average Bonchev–Trinajstić information content (AvgIpc) is 2.39. The van der Waals surface area contributed by atoms with Gasteiger partial charge in [-0.2, -0.15) is 13.2 Å². The zero-order valence-corrected chi connectivity index (χ0v) is 10.1. The summed E-state index contributed by atoms with van der Waals surface area (Å²) >= 11 is 0. The molecule has 0 amide bonds. The number of halogens is 3. The van der Waals surface area contributed by atoms with Crippen molar-refractivity contribution in [3.8, 4) is 0 Å². The van der Waals surface area contributed by atoms with Crippen LogP contribution in [0.15, 0.2) is 48.8 Å². The number of aromatic nitrogens is 1. The molecule has 0 fully saturated rings. The van der Waals surface area contributed by atoms with Gasteiger partial charge in [0.2, 0.25) is 0 Å². The van der Waals surface area contributed by atoms with Crippen molar-refractivity contribution in [2.75, 3.05) is 11.9 Å². The number of alkyl halides is 3. The lowest BCUT2D eigenvalue weighted by molar-refractivity contribution is -0.137. The van der Waals surface area contributed by atoms with Gasteiger partial charge in [0.25, 0.3) is 0 Å². The molecule has 1 aromatic carbocycles. The maximum absolute atomic E-state index is 12.4. The highest BCUT2D eigenvalue weighted by Crippen LogP contribution is 2.29. The van der Waals surface area contributed by atoms with E-state index in [-0.39, 0.29) is 0 Å². The van der Waals surface area contributed by atoms with Crippen LogP contribution < -0.4 is 5.32 Å². The number of benzene rings is 1. The van der Waals surface area contributed by atoms with Gasteiger partial charge < -0.3 is 5.32 Å². The number of anilines is 1. The summed E-state index contributed by atoms with van der Waals surface area (Å²) in [4.78, 5) is 4.00. The molecular weight excluding hydrogens is 253 g/mol. The van der Waals surface area contributed by atoms with Gasteiger partial charge in [-0.3, -0.25) is 4.98 Å². The lowest BCUT2D eigenvalue weighted by Gasteiger charge is -2.09. The highest BCUT2D eigenvalue weighted by Gasteiger charge is 2.29. The molecule has 0 saturated carbocycles. The van der Waals surface area contributed by atoms with Crippen LogP contribution in [-0.2, 0) is 12.6 Å². The molecule has 1 N–H and O–H groups in total. The van der Waals surface area contributed by atoms with Crippen LogP contribution >= 0.6 is 0 Å². The van der Waals surface area contributed by atoms with Crippen molar-refractivity contribution in [2.24, 2.45) is 0 Å². The van der Waals surface area contributed by atoms with Crippen LogP contribution in [0.3, 0.4) is 0 Å². The Hall–Kier alpha value is -2.04. The second-order valence-corrected chi connectivity index (χ2v) is 4.11. The number of pyridine rings is 1. The number of hydrogen-bond donors (Lipinski definition) is 1. The molecule has 0 aliphatic rings. The highest BCUT2D eigenvalue weighted by molar-refractivity contribution is 5.45. The van der Waals surface area contributed by atoms with Crippen LogP contribution in [0.1, 0.15) is 11.1 Å². The van der Waals surface area contributed by atoms with E-state index in [0.717, 1.165) is 24.1 Å². The standard InChI is InChI=1S/C14H13F3N2/c15-14(16,17)12-3-5-13(6-4-12)19-9-7-11-2-1-8-18-10-11/h1-6,8,10,19H,7,9H2. The van der Waals surface area contributed by atoms with Crippen LogP contribution in [0.4, 0.5) is 18.9 Å². The van der Waals surface area contributed by atoms with Crippen molar-refractivity contribution >= 4 is 5.69 Å². The predicted molar refractivity (Wildman–Crippen MR) is 67.9 cm³/mol. The maximum atomic E-state index is 12.4. The molecule has 100 valence electrons. The Morgan fingerprint density at radius 2 is 1.79 bits per heavy atom. The van der Waals surface area contributed by atoms with E-state index in [0.29, 0.717) is 12.2 Å². The second-order valence-electron chi connectivity index (χ2n) is 4.11. The van der Waals surface area contributed by atoms with E-state index in [1.54, 1.807) is 12.4 Å². The molecule has 0 radical (unpaired) electrons. The van der Waals surface area contributed by atoms with E-state index < -0.39 is 11.7 Å². The van der Waals surface area contributed by atoms with E-state index in [2.05, 4.69) is 10.3 Å². The Bertz CT molecular complexity index is 506. The third kappa shape index (κ3) is 3.98. The van der Waals surface area contributed by atoms with Crippen molar-refractivity contribution in [3.05, 3.63) is 59.9 Å². The largest absolute Gasteiger partial charge is 0.416 e. The Morgan fingerprint density at radius 1 is 1.05 bits per heavy atom. The van der Waals surface area contributed by atoms with Crippen molar-refractivity contribution in [3.63, 3.8) is 0 Å². The van der Waals surface area contributed by atoms with Crippen LogP contribution in [0.25, 0.3) is 0 Å². The maximum Gasteiger partial charge on any atom is 0.416 e. The van der Waals surface area contributed by atoms with E-state index >= 15 is 0 Å². The fraction of sp³-hybridized carbons (Fsp3) is 0.214. The average molecular weight is 266 g/mol. The summed E-state index contributed by atoms with van der Waals surface area (Å²) in [5.74, 6) is 0. The smallest absolute Gasteiger partial charge is 0.385 e. The monoisotopic (exact) mass is 266 g/mol. The molecule has 1 aromatic heterocycles. The van der Waals surface area contributed by atoms with E-state index in [9.17, 15) is 13.2 Å². The highest BCUT2D eigenvalue weighted by atomic mass is 19.4. The lowest BCUT2D eigenvalue weighted by atomic mass is 10.2. The van der Waals surface area contributed by atoms with Gasteiger partial charge >= 0.3 is 6.18 Å². The first-order valence-corrected chi connectivity index (χ1v) is 5.86. The Balaban J connectivity index is 1.87. The van der Waals surface area contributed by atoms with Crippen molar-refractivity contribution < 1.29 is 13.2 Å². The van der Waals surface area contributed by atoms with Gasteiger partial charge in [0.05, 0.1) is 5.56 Å². The molecule has 5 heteroatoms. The third-order valence-corrected chi connectivity index (χ3v) is 2.68. The quantitative estimate of drug-likeness (QED) is 0.911. The van der Waals surface area contributed by atoms with Gasteiger partial charge in [0, 0.05) is 24.6 Å². The molecule has 0 aliphatic heterocycles. The van der Waals surface area contributed by atoms with E-state index in [4.69, 9.17) is 0 Å². The normalized spacial score (nSPS) is 11.3. The zero-order valence-electron chi connectivity index (χ0n) is 10.1. The molecule has 19 heavy (non-hydrogen) atoms. The molecule has 2 aromatic rings. The lowest BCUT2D eigenvalue weighted by Crippen LogP contribution is -2.07. The Labute approximate surface area is 109 Å². The minimum absolute atomic E-state index is 0.634. The first-order chi connectivity index (χ1) is 9.05. The molecule has 1 heterocycles. The predicted octanol–water partition coefficient (Wildman–Crippen LogP) is 3.76. The minimum atomic E-state index is -4.28. The molecule has 0 atom stereocenters. The van der Waals surface area contributed by atoms with Gasteiger partial charge in [0.1, 0.15) is 0 Å². The summed E-state index contributed by atoms with van der Waals surface area (Å²) in [6.45, 7) is 0.650. The number of nitrogens with one attached hydrogen (secondary N) is 1. The van der Waals surface area contributed by atoms with E-state index in [1.165, 1.54) is 12.1 Å². The molecule has 2 rings (SSSR count). The molecular formula is C14H13F3N2. The summed E-state index contributed by atoms with van der Waals surface area (Å²) in [5.41, 5.74) is 1.13. The SMILES string of the molecule is FC(F)(F)c1ccc(NCCc2cccnc2)cc1. The molecule has 0 saturated heterocycles. The van der Waals surface area contributed by atoms with Crippen LogP contribution in [-0.4, -0.2) is 11.5 Å². The number of hydrogen-bond acceptors (Lipinski definition) is 2. The first kappa shape index (κ1) is 13.4. The summed E-state index contributed by atoms with van der Waals surface area (Å²) < 4.78 is 37.1.